The number of nitrogens with zero attached hydrogens (tertiary/aromatic N) is 2. The SMILES string of the molecule is COc1cccn2cc(-c3ccc(OC(F)(F)F)cc3)nc12. The first-order valence-corrected chi connectivity index (χ1v) is 6.34. The number of rotatable bonds is 3. The molecule has 0 saturated heterocycles. The van der Waals surface area contributed by atoms with Crippen LogP contribution in [0.3, 0.4) is 0 Å². The molecule has 3 aromatic rings. The summed E-state index contributed by atoms with van der Waals surface area (Å²) in [6.07, 6.45) is -1.11. The van der Waals surface area contributed by atoms with Crippen molar-refractivity contribution >= 4 is 5.65 Å². The summed E-state index contributed by atoms with van der Waals surface area (Å²) < 4.78 is 47.3. The zero-order valence-electron chi connectivity index (χ0n) is 11.5. The van der Waals surface area contributed by atoms with Gasteiger partial charge in [0.25, 0.3) is 0 Å². The number of imidazole rings is 1. The van der Waals surface area contributed by atoms with Gasteiger partial charge in [-0.25, -0.2) is 4.98 Å². The third-order valence-corrected chi connectivity index (χ3v) is 3.05. The van der Waals surface area contributed by atoms with Crippen molar-refractivity contribution in [3.8, 4) is 22.8 Å². The van der Waals surface area contributed by atoms with Crippen molar-refractivity contribution in [2.45, 2.75) is 6.36 Å². The number of alkyl halides is 3. The fourth-order valence-electron chi connectivity index (χ4n) is 2.11. The van der Waals surface area contributed by atoms with Crippen molar-refractivity contribution in [2.75, 3.05) is 7.11 Å². The molecule has 0 radical (unpaired) electrons. The second-order valence-corrected chi connectivity index (χ2v) is 4.51. The van der Waals surface area contributed by atoms with Gasteiger partial charge >= 0.3 is 6.36 Å². The highest BCUT2D eigenvalue weighted by Crippen LogP contribution is 2.27. The van der Waals surface area contributed by atoms with E-state index in [4.69, 9.17) is 4.74 Å². The van der Waals surface area contributed by atoms with Crippen LogP contribution in [0.1, 0.15) is 0 Å². The highest BCUT2D eigenvalue weighted by molar-refractivity contribution is 5.66. The van der Waals surface area contributed by atoms with E-state index >= 15 is 0 Å². The molecule has 4 nitrogen and oxygen atoms in total. The van der Waals surface area contributed by atoms with Gasteiger partial charge in [0.15, 0.2) is 11.4 Å². The van der Waals surface area contributed by atoms with Gasteiger partial charge in [-0.3, -0.25) is 0 Å². The first-order valence-electron chi connectivity index (χ1n) is 6.34. The molecule has 0 unspecified atom stereocenters. The highest BCUT2D eigenvalue weighted by Gasteiger charge is 2.30. The second kappa shape index (κ2) is 5.25. The fraction of sp³-hybridized carbons (Fsp3) is 0.133. The number of hydrogen-bond acceptors (Lipinski definition) is 3. The van der Waals surface area contributed by atoms with Crippen molar-refractivity contribution in [1.29, 1.82) is 0 Å². The Morgan fingerprint density at radius 3 is 2.45 bits per heavy atom. The van der Waals surface area contributed by atoms with E-state index in [1.54, 1.807) is 23.8 Å². The first-order chi connectivity index (χ1) is 10.5. The van der Waals surface area contributed by atoms with Crippen LogP contribution in [-0.2, 0) is 0 Å². The largest absolute Gasteiger partial charge is 0.573 e. The average molecular weight is 308 g/mol. The topological polar surface area (TPSA) is 35.8 Å². The molecule has 22 heavy (non-hydrogen) atoms. The van der Waals surface area contributed by atoms with Gasteiger partial charge in [0.05, 0.1) is 12.8 Å². The molecule has 0 atom stereocenters. The zero-order chi connectivity index (χ0) is 15.7. The Labute approximate surface area is 123 Å². The average Bonchev–Trinajstić information content (AvgIpc) is 2.90. The number of pyridine rings is 1. The van der Waals surface area contributed by atoms with Crippen LogP contribution in [0, 0.1) is 0 Å². The van der Waals surface area contributed by atoms with E-state index in [9.17, 15) is 13.2 Å². The standard InChI is InChI=1S/C15H11F3N2O2/c1-21-13-3-2-8-20-9-12(19-14(13)20)10-4-6-11(7-5-10)22-15(16,17)18/h2-9H,1H3. The van der Waals surface area contributed by atoms with Crippen LogP contribution < -0.4 is 9.47 Å². The van der Waals surface area contributed by atoms with Crippen molar-refractivity contribution in [3.05, 3.63) is 48.8 Å². The molecule has 0 spiro atoms. The zero-order valence-corrected chi connectivity index (χ0v) is 11.5. The summed E-state index contributed by atoms with van der Waals surface area (Å²) in [6.45, 7) is 0. The molecule has 0 amide bonds. The summed E-state index contributed by atoms with van der Waals surface area (Å²) in [5.41, 5.74) is 1.94. The number of methoxy groups -OCH3 is 1. The van der Waals surface area contributed by atoms with Crippen LogP contribution in [0.2, 0.25) is 0 Å². The van der Waals surface area contributed by atoms with E-state index in [0.29, 0.717) is 22.7 Å². The van der Waals surface area contributed by atoms with Gasteiger partial charge in [-0.15, -0.1) is 13.2 Å². The van der Waals surface area contributed by atoms with Crippen LogP contribution in [0.25, 0.3) is 16.9 Å². The Morgan fingerprint density at radius 1 is 1.09 bits per heavy atom. The minimum absolute atomic E-state index is 0.266. The monoisotopic (exact) mass is 308 g/mol. The van der Waals surface area contributed by atoms with Crippen LogP contribution in [0.15, 0.2) is 48.8 Å². The molecular weight excluding hydrogens is 297 g/mol. The second-order valence-electron chi connectivity index (χ2n) is 4.51. The number of hydrogen-bond donors (Lipinski definition) is 0. The number of ether oxygens (including phenoxy) is 2. The summed E-state index contributed by atoms with van der Waals surface area (Å²) in [5, 5.41) is 0. The Bertz CT molecular complexity index is 795. The van der Waals surface area contributed by atoms with Gasteiger partial charge in [-0.05, 0) is 36.4 Å². The minimum Gasteiger partial charge on any atom is -0.493 e. The summed E-state index contributed by atoms with van der Waals surface area (Å²) in [4.78, 5) is 4.43. The maximum absolute atomic E-state index is 12.1. The van der Waals surface area contributed by atoms with Crippen molar-refractivity contribution in [1.82, 2.24) is 9.38 Å². The molecule has 2 aromatic heterocycles. The maximum Gasteiger partial charge on any atom is 0.573 e. The number of aromatic nitrogens is 2. The molecule has 0 N–H and O–H groups in total. The highest BCUT2D eigenvalue weighted by atomic mass is 19.4. The Morgan fingerprint density at radius 2 is 1.82 bits per heavy atom. The van der Waals surface area contributed by atoms with E-state index in [2.05, 4.69) is 9.72 Å². The molecule has 0 aliphatic rings. The summed E-state index contributed by atoms with van der Waals surface area (Å²) >= 11 is 0. The summed E-state index contributed by atoms with van der Waals surface area (Å²) in [5.74, 6) is 0.350. The molecule has 2 heterocycles. The van der Waals surface area contributed by atoms with Crippen LogP contribution >= 0.6 is 0 Å². The van der Waals surface area contributed by atoms with Gasteiger partial charge in [0.1, 0.15) is 5.75 Å². The fourth-order valence-corrected chi connectivity index (χ4v) is 2.11. The predicted octanol–water partition coefficient (Wildman–Crippen LogP) is 3.91. The third kappa shape index (κ3) is 2.83. The molecule has 0 aliphatic heterocycles. The quantitative estimate of drug-likeness (QED) is 0.736. The molecule has 7 heteroatoms. The van der Waals surface area contributed by atoms with Crippen molar-refractivity contribution < 1.29 is 22.6 Å². The van der Waals surface area contributed by atoms with Crippen LogP contribution in [-0.4, -0.2) is 22.9 Å². The molecule has 0 bridgehead atoms. The molecule has 0 aliphatic carbocycles. The summed E-state index contributed by atoms with van der Waals surface area (Å²) in [6, 6.07) is 9.16. The lowest BCUT2D eigenvalue weighted by atomic mass is 10.2. The first kappa shape index (κ1) is 14.2. The Hall–Kier alpha value is -2.70. The lowest BCUT2D eigenvalue weighted by molar-refractivity contribution is -0.274. The van der Waals surface area contributed by atoms with Crippen LogP contribution in [0.4, 0.5) is 13.2 Å². The van der Waals surface area contributed by atoms with E-state index in [1.165, 1.54) is 24.3 Å². The van der Waals surface area contributed by atoms with Gasteiger partial charge in [0, 0.05) is 18.0 Å². The molecule has 1 aromatic carbocycles. The molecular formula is C15H11F3N2O2. The van der Waals surface area contributed by atoms with Gasteiger partial charge in [-0.2, -0.15) is 0 Å². The molecule has 114 valence electrons. The van der Waals surface area contributed by atoms with E-state index in [1.807, 2.05) is 12.3 Å². The molecule has 0 fully saturated rings. The normalized spacial score (nSPS) is 11.6. The van der Waals surface area contributed by atoms with E-state index in [-0.39, 0.29) is 5.75 Å². The van der Waals surface area contributed by atoms with Gasteiger partial charge < -0.3 is 13.9 Å². The van der Waals surface area contributed by atoms with Crippen molar-refractivity contribution in [2.24, 2.45) is 0 Å². The Kier molecular flexibility index (Phi) is 3.40. The number of benzene rings is 1. The smallest absolute Gasteiger partial charge is 0.493 e. The molecule has 0 saturated carbocycles. The number of fused-ring (bicyclic) bond motifs is 1. The van der Waals surface area contributed by atoms with E-state index in [0.717, 1.165) is 0 Å². The van der Waals surface area contributed by atoms with Gasteiger partial charge in [0.2, 0.25) is 0 Å². The van der Waals surface area contributed by atoms with E-state index < -0.39 is 6.36 Å². The predicted molar refractivity (Wildman–Crippen MR) is 73.9 cm³/mol. The lowest BCUT2D eigenvalue weighted by Crippen LogP contribution is -2.16. The van der Waals surface area contributed by atoms with Gasteiger partial charge in [-0.1, -0.05) is 0 Å². The minimum atomic E-state index is -4.70. The maximum atomic E-state index is 12.1. The number of halogens is 3. The molecule has 3 rings (SSSR count). The van der Waals surface area contributed by atoms with Crippen LogP contribution in [0.5, 0.6) is 11.5 Å². The van der Waals surface area contributed by atoms with Crippen molar-refractivity contribution in [3.63, 3.8) is 0 Å². The lowest BCUT2D eigenvalue weighted by Gasteiger charge is -2.08. The Balaban J connectivity index is 1.94. The summed E-state index contributed by atoms with van der Waals surface area (Å²) in [7, 11) is 1.55. The third-order valence-electron chi connectivity index (χ3n) is 3.05.